The molecule has 1 aliphatic heterocycles. The number of aromatic nitrogens is 2. The topological polar surface area (TPSA) is 123 Å². The van der Waals surface area contributed by atoms with Crippen LogP contribution >= 0.6 is 0 Å². The molecule has 1 aromatic heterocycles. The van der Waals surface area contributed by atoms with E-state index in [0.29, 0.717) is 25.5 Å². The van der Waals surface area contributed by atoms with Gasteiger partial charge in [-0.1, -0.05) is 18.1 Å². The van der Waals surface area contributed by atoms with Crippen molar-refractivity contribution in [3.05, 3.63) is 41.5 Å². The summed E-state index contributed by atoms with van der Waals surface area (Å²) in [5, 5.41) is 6.54. The van der Waals surface area contributed by atoms with Gasteiger partial charge in [-0.25, -0.2) is 13.1 Å². The zero-order valence-corrected chi connectivity index (χ0v) is 15.1. The van der Waals surface area contributed by atoms with Crippen LogP contribution < -0.4 is 10.0 Å². The molecule has 3 rings (SSSR count). The van der Waals surface area contributed by atoms with Crippen LogP contribution in [0.5, 0.6) is 0 Å². The summed E-state index contributed by atoms with van der Waals surface area (Å²) in [6.45, 7) is 2.83. The molecule has 0 spiro atoms. The molecule has 0 radical (unpaired) electrons. The summed E-state index contributed by atoms with van der Waals surface area (Å²) < 4.78 is 37.5. The Kier molecular flexibility index (Phi) is 5.64. The molecule has 1 amide bonds. The standard InChI is InChI=1S/C16H20N4O5S/c1-2-14-19-15(25-20-14)9-17-26(22,23)13-5-3-4-11(8-13)16(21)18-12-6-7-24-10-12/h3-5,8,12,17H,2,6-7,9-10H2,1H3,(H,18,21)/t12-/m1/s1. The van der Waals surface area contributed by atoms with E-state index in [1.54, 1.807) is 6.07 Å². The molecule has 0 bridgehead atoms. The highest BCUT2D eigenvalue weighted by Gasteiger charge is 2.21. The predicted octanol–water partition coefficient (Wildman–Crippen LogP) is 0.629. The Labute approximate surface area is 151 Å². The molecule has 1 atom stereocenters. The smallest absolute Gasteiger partial charge is 0.251 e. The molecule has 1 aliphatic rings. The Morgan fingerprint density at radius 2 is 2.23 bits per heavy atom. The number of ether oxygens (including phenoxy) is 1. The summed E-state index contributed by atoms with van der Waals surface area (Å²) in [5.74, 6) is 0.358. The molecule has 1 saturated heterocycles. The average Bonchev–Trinajstić information content (AvgIpc) is 3.31. The molecule has 1 fully saturated rings. The monoisotopic (exact) mass is 380 g/mol. The second-order valence-electron chi connectivity index (χ2n) is 5.84. The summed E-state index contributed by atoms with van der Waals surface area (Å²) in [6.07, 6.45) is 1.34. The van der Waals surface area contributed by atoms with Crippen molar-refractivity contribution in [2.24, 2.45) is 0 Å². The van der Waals surface area contributed by atoms with Crippen LogP contribution in [0.15, 0.2) is 33.7 Å². The van der Waals surface area contributed by atoms with Gasteiger partial charge in [0.2, 0.25) is 15.9 Å². The van der Waals surface area contributed by atoms with Gasteiger partial charge in [-0.05, 0) is 24.6 Å². The largest absolute Gasteiger partial charge is 0.379 e. The molecule has 2 heterocycles. The molecule has 10 heteroatoms. The summed E-state index contributed by atoms with van der Waals surface area (Å²) in [5.41, 5.74) is 0.269. The molecule has 9 nitrogen and oxygen atoms in total. The van der Waals surface area contributed by atoms with E-state index in [-0.39, 0.29) is 34.8 Å². The first kappa shape index (κ1) is 18.5. The summed E-state index contributed by atoms with van der Waals surface area (Å²) >= 11 is 0. The van der Waals surface area contributed by atoms with Crippen molar-refractivity contribution in [3.63, 3.8) is 0 Å². The zero-order valence-electron chi connectivity index (χ0n) is 14.3. The number of carbonyl (C=O) groups is 1. The van der Waals surface area contributed by atoms with Gasteiger partial charge >= 0.3 is 0 Å². The Morgan fingerprint density at radius 1 is 1.38 bits per heavy atom. The minimum atomic E-state index is -3.82. The molecular formula is C16H20N4O5S. The second-order valence-corrected chi connectivity index (χ2v) is 7.61. The van der Waals surface area contributed by atoms with Crippen LogP contribution in [0.4, 0.5) is 0 Å². The highest BCUT2D eigenvalue weighted by molar-refractivity contribution is 7.89. The van der Waals surface area contributed by atoms with E-state index in [9.17, 15) is 13.2 Å². The third kappa shape index (κ3) is 4.45. The van der Waals surface area contributed by atoms with E-state index in [1.807, 2.05) is 6.92 Å². The Morgan fingerprint density at radius 3 is 2.92 bits per heavy atom. The number of rotatable bonds is 7. The van der Waals surface area contributed by atoms with Crippen LogP contribution in [-0.4, -0.2) is 43.7 Å². The molecule has 140 valence electrons. The molecule has 0 unspecified atom stereocenters. The number of carbonyl (C=O) groups excluding carboxylic acids is 1. The van der Waals surface area contributed by atoms with Crippen LogP contribution in [0.2, 0.25) is 0 Å². The zero-order chi connectivity index (χ0) is 18.6. The molecule has 2 aromatic rings. The summed E-state index contributed by atoms with van der Waals surface area (Å²) in [6, 6.07) is 5.79. The van der Waals surface area contributed by atoms with Crippen LogP contribution in [0, 0.1) is 0 Å². The quantitative estimate of drug-likeness (QED) is 0.722. The fraction of sp³-hybridized carbons (Fsp3) is 0.438. The predicted molar refractivity (Wildman–Crippen MR) is 90.8 cm³/mol. The van der Waals surface area contributed by atoms with Gasteiger partial charge in [-0.2, -0.15) is 4.98 Å². The van der Waals surface area contributed by atoms with Crippen molar-refractivity contribution in [2.45, 2.75) is 37.2 Å². The maximum atomic E-state index is 12.4. The van der Waals surface area contributed by atoms with E-state index in [2.05, 4.69) is 20.2 Å². The fourth-order valence-electron chi connectivity index (χ4n) is 2.47. The highest BCUT2D eigenvalue weighted by Crippen LogP contribution is 2.13. The average molecular weight is 380 g/mol. The van der Waals surface area contributed by atoms with Gasteiger partial charge in [0, 0.05) is 18.6 Å². The third-order valence-corrected chi connectivity index (χ3v) is 5.31. The Balaban J connectivity index is 1.67. The van der Waals surface area contributed by atoms with E-state index in [1.165, 1.54) is 18.2 Å². The maximum absolute atomic E-state index is 12.4. The number of aryl methyl sites for hydroxylation is 1. The lowest BCUT2D eigenvalue weighted by atomic mass is 10.2. The summed E-state index contributed by atoms with van der Waals surface area (Å²) in [7, 11) is -3.82. The van der Waals surface area contributed by atoms with Gasteiger partial charge < -0.3 is 14.6 Å². The normalized spacial score (nSPS) is 17.3. The molecule has 2 N–H and O–H groups in total. The van der Waals surface area contributed by atoms with Gasteiger partial charge in [0.05, 0.1) is 24.1 Å². The lowest BCUT2D eigenvalue weighted by Crippen LogP contribution is -2.35. The van der Waals surface area contributed by atoms with Crippen LogP contribution in [0.25, 0.3) is 0 Å². The van der Waals surface area contributed by atoms with Crippen molar-refractivity contribution in [3.8, 4) is 0 Å². The Hall–Kier alpha value is -2.30. The van der Waals surface area contributed by atoms with Crippen molar-refractivity contribution >= 4 is 15.9 Å². The first-order chi connectivity index (χ1) is 12.5. The molecule has 26 heavy (non-hydrogen) atoms. The van der Waals surface area contributed by atoms with Gasteiger partial charge in [0.1, 0.15) is 0 Å². The molecule has 1 aromatic carbocycles. The minimum absolute atomic E-state index is 0.0111. The third-order valence-electron chi connectivity index (χ3n) is 3.91. The number of benzene rings is 1. The van der Waals surface area contributed by atoms with Crippen molar-refractivity contribution < 1.29 is 22.5 Å². The van der Waals surface area contributed by atoms with Crippen LogP contribution in [0.1, 0.15) is 35.4 Å². The molecule has 0 saturated carbocycles. The Bertz CT molecular complexity index is 874. The lowest BCUT2D eigenvalue weighted by Gasteiger charge is -2.11. The maximum Gasteiger partial charge on any atom is 0.251 e. The van der Waals surface area contributed by atoms with Crippen molar-refractivity contribution in [1.82, 2.24) is 20.2 Å². The van der Waals surface area contributed by atoms with E-state index < -0.39 is 10.0 Å². The first-order valence-corrected chi connectivity index (χ1v) is 9.76. The minimum Gasteiger partial charge on any atom is -0.379 e. The van der Waals surface area contributed by atoms with E-state index in [0.717, 1.165) is 6.42 Å². The van der Waals surface area contributed by atoms with Gasteiger partial charge in [-0.3, -0.25) is 4.79 Å². The second kappa shape index (κ2) is 7.94. The van der Waals surface area contributed by atoms with Gasteiger partial charge in [-0.15, -0.1) is 0 Å². The first-order valence-electron chi connectivity index (χ1n) is 8.27. The number of hydrogen-bond donors (Lipinski definition) is 2. The molecule has 0 aliphatic carbocycles. The highest BCUT2D eigenvalue weighted by atomic mass is 32.2. The number of hydrogen-bond acceptors (Lipinski definition) is 7. The SMILES string of the molecule is CCc1noc(CNS(=O)(=O)c2cccc(C(=O)N[C@@H]3CCOC3)c2)n1. The lowest BCUT2D eigenvalue weighted by molar-refractivity contribution is 0.0929. The fourth-order valence-corrected chi connectivity index (χ4v) is 3.49. The number of nitrogens with zero attached hydrogens (tertiary/aromatic N) is 2. The van der Waals surface area contributed by atoms with Crippen molar-refractivity contribution in [1.29, 1.82) is 0 Å². The van der Waals surface area contributed by atoms with Crippen LogP contribution in [0.3, 0.4) is 0 Å². The summed E-state index contributed by atoms with van der Waals surface area (Å²) in [4.78, 5) is 16.3. The van der Waals surface area contributed by atoms with Crippen molar-refractivity contribution in [2.75, 3.05) is 13.2 Å². The number of nitrogens with one attached hydrogen (secondary N) is 2. The number of amides is 1. The number of sulfonamides is 1. The molecular weight excluding hydrogens is 360 g/mol. The van der Waals surface area contributed by atoms with Crippen LogP contribution in [-0.2, 0) is 27.7 Å². The van der Waals surface area contributed by atoms with E-state index >= 15 is 0 Å². The van der Waals surface area contributed by atoms with E-state index in [4.69, 9.17) is 9.26 Å². The van der Waals surface area contributed by atoms with Gasteiger partial charge in [0.25, 0.3) is 5.91 Å². The van der Waals surface area contributed by atoms with Gasteiger partial charge in [0.15, 0.2) is 5.82 Å².